The SMILES string of the molecule is CCCC1CCC(c2cc(F)c(F)cc2CCC(=O)O)CC1. The van der Waals surface area contributed by atoms with Crippen molar-refractivity contribution in [2.75, 3.05) is 0 Å². The van der Waals surface area contributed by atoms with Gasteiger partial charge in [-0.05, 0) is 67.2 Å². The number of hydrogen-bond donors (Lipinski definition) is 1. The van der Waals surface area contributed by atoms with Crippen LogP contribution in [0, 0.1) is 17.6 Å². The summed E-state index contributed by atoms with van der Waals surface area (Å²) in [6, 6.07) is 2.48. The van der Waals surface area contributed by atoms with Crippen molar-refractivity contribution in [1.29, 1.82) is 0 Å². The van der Waals surface area contributed by atoms with Crippen molar-refractivity contribution >= 4 is 5.97 Å². The highest BCUT2D eigenvalue weighted by atomic mass is 19.2. The van der Waals surface area contributed by atoms with Gasteiger partial charge in [-0.3, -0.25) is 4.79 Å². The number of carboxylic acid groups (broad SMARTS) is 1. The van der Waals surface area contributed by atoms with E-state index in [-0.39, 0.29) is 18.8 Å². The van der Waals surface area contributed by atoms with Gasteiger partial charge in [0, 0.05) is 6.42 Å². The normalized spacial score (nSPS) is 21.8. The van der Waals surface area contributed by atoms with E-state index in [1.54, 1.807) is 0 Å². The molecule has 1 N–H and O–H groups in total. The molecule has 0 amide bonds. The second-order valence-corrected chi connectivity index (χ2v) is 6.37. The molecule has 0 aromatic heterocycles. The minimum Gasteiger partial charge on any atom is -0.481 e. The lowest BCUT2D eigenvalue weighted by atomic mass is 9.76. The largest absolute Gasteiger partial charge is 0.481 e. The number of carboxylic acids is 1. The van der Waals surface area contributed by atoms with Crippen LogP contribution in [0.25, 0.3) is 0 Å². The van der Waals surface area contributed by atoms with Crippen LogP contribution in [0.3, 0.4) is 0 Å². The molecule has 0 unspecified atom stereocenters. The molecular formula is C18H24F2O2. The molecule has 0 atom stereocenters. The third kappa shape index (κ3) is 4.28. The van der Waals surface area contributed by atoms with Crippen molar-refractivity contribution in [1.82, 2.24) is 0 Å². The summed E-state index contributed by atoms with van der Waals surface area (Å²) in [6.07, 6.45) is 6.83. The minimum absolute atomic E-state index is 0.0523. The number of hydrogen-bond acceptors (Lipinski definition) is 1. The molecule has 0 aliphatic heterocycles. The van der Waals surface area contributed by atoms with Gasteiger partial charge in [-0.25, -0.2) is 8.78 Å². The molecule has 0 saturated heterocycles. The van der Waals surface area contributed by atoms with Crippen LogP contribution < -0.4 is 0 Å². The Labute approximate surface area is 130 Å². The summed E-state index contributed by atoms with van der Waals surface area (Å²) < 4.78 is 27.1. The summed E-state index contributed by atoms with van der Waals surface area (Å²) in [5.74, 6) is -1.66. The average Bonchev–Trinajstić information content (AvgIpc) is 2.49. The zero-order valence-electron chi connectivity index (χ0n) is 13.1. The Kier molecular flexibility index (Phi) is 5.92. The maximum absolute atomic E-state index is 13.6. The van der Waals surface area contributed by atoms with Gasteiger partial charge in [0.15, 0.2) is 11.6 Å². The van der Waals surface area contributed by atoms with E-state index < -0.39 is 17.6 Å². The van der Waals surface area contributed by atoms with E-state index in [0.29, 0.717) is 5.56 Å². The fourth-order valence-electron chi connectivity index (χ4n) is 3.61. The standard InChI is InChI=1S/C18H24F2O2/c1-2-3-12-4-6-13(7-5-12)15-11-17(20)16(19)10-14(15)8-9-18(21)22/h10-13H,2-9H2,1H3,(H,21,22). The van der Waals surface area contributed by atoms with Crippen molar-refractivity contribution in [2.24, 2.45) is 5.92 Å². The molecule has 4 heteroatoms. The molecule has 122 valence electrons. The van der Waals surface area contributed by atoms with E-state index in [4.69, 9.17) is 5.11 Å². The summed E-state index contributed by atoms with van der Waals surface area (Å²) in [4.78, 5) is 10.8. The number of aliphatic carboxylic acids is 1. The molecule has 0 radical (unpaired) electrons. The van der Waals surface area contributed by atoms with Gasteiger partial charge in [0.25, 0.3) is 0 Å². The highest BCUT2D eigenvalue weighted by Crippen LogP contribution is 2.39. The van der Waals surface area contributed by atoms with Crippen molar-refractivity contribution < 1.29 is 18.7 Å². The molecule has 0 bridgehead atoms. The summed E-state index contributed by atoms with van der Waals surface area (Å²) in [5.41, 5.74) is 1.47. The van der Waals surface area contributed by atoms with E-state index in [1.165, 1.54) is 25.0 Å². The van der Waals surface area contributed by atoms with Crippen molar-refractivity contribution in [2.45, 2.75) is 64.2 Å². The molecular weight excluding hydrogens is 286 g/mol. The number of aryl methyl sites for hydroxylation is 1. The first-order valence-electron chi connectivity index (χ1n) is 8.20. The summed E-state index contributed by atoms with van der Waals surface area (Å²) in [7, 11) is 0. The van der Waals surface area contributed by atoms with Crippen LogP contribution in [0.15, 0.2) is 12.1 Å². The maximum Gasteiger partial charge on any atom is 0.303 e. The summed E-state index contributed by atoms with van der Waals surface area (Å²) in [5, 5.41) is 8.83. The van der Waals surface area contributed by atoms with E-state index >= 15 is 0 Å². The first-order valence-corrected chi connectivity index (χ1v) is 8.20. The Hall–Kier alpha value is -1.45. The molecule has 1 saturated carbocycles. The maximum atomic E-state index is 13.6. The van der Waals surface area contributed by atoms with Gasteiger partial charge in [0.2, 0.25) is 0 Å². The summed E-state index contributed by atoms with van der Waals surface area (Å²) >= 11 is 0. The Morgan fingerprint density at radius 2 is 1.82 bits per heavy atom. The van der Waals surface area contributed by atoms with Gasteiger partial charge in [0.1, 0.15) is 0 Å². The third-order valence-electron chi connectivity index (χ3n) is 4.77. The predicted molar refractivity (Wildman–Crippen MR) is 81.9 cm³/mol. The molecule has 2 nitrogen and oxygen atoms in total. The first kappa shape index (κ1) is 16.9. The van der Waals surface area contributed by atoms with E-state index in [1.807, 2.05) is 0 Å². The van der Waals surface area contributed by atoms with Crippen LogP contribution in [0.4, 0.5) is 8.78 Å². The quantitative estimate of drug-likeness (QED) is 0.797. The number of benzene rings is 1. The fraction of sp³-hybridized carbons (Fsp3) is 0.611. The monoisotopic (exact) mass is 310 g/mol. The topological polar surface area (TPSA) is 37.3 Å². The highest BCUT2D eigenvalue weighted by molar-refractivity contribution is 5.67. The van der Waals surface area contributed by atoms with Crippen molar-refractivity contribution in [3.63, 3.8) is 0 Å². The Morgan fingerprint density at radius 3 is 2.41 bits per heavy atom. The van der Waals surface area contributed by atoms with Gasteiger partial charge in [-0.1, -0.05) is 19.8 Å². The molecule has 1 fully saturated rings. The van der Waals surface area contributed by atoms with Gasteiger partial charge in [0.05, 0.1) is 0 Å². The van der Waals surface area contributed by atoms with Crippen LogP contribution in [0.1, 0.15) is 68.9 Å². The zero-order valence-corrected chi connectivity index (χ0v) is 13.1. The number of halogens is 2. The van der Waals surface area contributed by atoms with Crippen LogP contribution in [-0.4, -0.2) is 11.1 Å². The van der Waals surface area contributed by atoms with Crippen LogP contribution in [0.5, 0.6) is 0 Å². The van der Waals surface area contributed by atoms with Crippen LogP contribution in [0.2, 0.25) is 0 Å². The van der Waals surface area contributed by atoms with Crippen molar-refractivity contribution in [3.8, 4) is 0 Å². The van der Waals surface area contributed by atoms with Gasteiger partial charge >= 0.3 is 5.97 Å². The second kappa shape index (κ2) is 7.70. The van der Waals surface area contributed by atoms with Crippen molar-refractivity contribution in [3.05, 3.63) is 34.9 Å². The zero-order chi connectivity index (χ0) is 16.1. The molecule has 1 aliphatic rings. The second-order valence-electron chi connectivity index (χ2n) is 6.37. The molecule has 22 heavy (non-hydrogen) atoms. The number of carbonyl (C=O) groups is 1. The van der Waals surface area contributed by atoms with E-state index in [0.717, 1.165) is 37.2 Å². The van der Waals surface area contributed by atoms with Crippen LogP contribution in [-0.2, 0) is 11.2 Å². The Balaban J connectivity index is 2.15. The molecule has 0 heterocycles. The highest BCUT2D eigenvalue weighted by Gasteiger charge is 2.25. The first-order chi connectivity index (χ1) is 10.5. The third-order valence-corrected chi connectivity index (χ3v) is 4.77. The lowest BCUT2D eigenvalue weighted by Crippen LogP contribution is -2.15. The average molecular weight is 310 g/mol. The minimum atomic E-state index is -0.915. The molecule has 1 aliphatic carbocycles. The number of rotatable bonds is 6. The fourth-order valence-corrected chi connectivity index (χ4v) is 3.61. The Morgan fingerprint density at radius 1 is 1.18 bits per heavy atom. The summed E-state index contributed by atoms with van der Waals surface area (Å²) in [6.45, 7) is 2.19. The molecule has 1 aromatic carbocycles. The van der Waals surface area contributed by atoms with Crippen LogP contribution >= 0.6 is 0 Å². The molecule has 2 rings (SSSR count). The molecule has 0 spiro atoms. The van der Waals surface area contributed by atoms with Gasteiger partial charge in [-0.2, -0.15) is 0 Å². The lowest BCUT2D eigenvalue weighted by Gasteiger charge is -2.30. The van der Waals surface area contributed by atoms with E-state index in [9.17, 15) is 13.6 Å². The van der Waals surface area contributed by atoms with Gasteiger partial charge < -0.3 is 5.11 Å². The smallest absolute Gasteiger partial charge is 0.303 e. The lowest BCUT2D eigenvalue weighted by molar-refractivity contribution is -0.136. The van der Waals surface area contributed by atoms with E-state index in [2.05, 4.69) is 6.92 Å². The Bertz CT molecular complexity index is 520. The predicted octanol–water partition coefficient (Wildman–Crippen LogP) is 5.06. The molecule has 1 aromatic rings. The van der Waals surface area contributed by atoms with Gasteiger partial charge in [-0.15, -0.1) is 0 Å².